The Labute approximate surface area is 259 Å². The van der Waals surface area contributed by atoms with Gasteiger partial charge in [0.15, 0.2) is 0 Å². The van der Waals surface area contributed by atoms with Crippen molar-refractivity contribution in [1.29, 1.82) is 0 Å². The van der Waals surface area contributed by atoms with Crippen LogP contribution in [0.5, 0.6) is 0 Å². The van der Waals surface area contributed by atoms with Crippen LogP contribution in [0, 0.1) is 0 Å². The van der Waals surface area contributed by atoms with Gasteiger partial charge in [-0.1, -0.05) is 129 Å². The average Bonchev–Trinajstić information content (AvgIpc) is 3.32. The van der Waals surface area contributed by atoms with Crippen LogP contribution in [0.4, 0.5) is 28.4 Å². The third-order valence-corrected chi connectivity index (χ3v) is 9.84. The zero-order valence-corrected chi connectivity index (χ0v) is 24.9. The number of hydrogen-bond acceptors (Lipinski definition) is 2. The molecule has 6 aromatic carbocycles. The summed E-state index contributed by atoms with van der Waals surface area (Å²) in [6.45, 7) is 4.99. The van der Waals surface area contributed by atoms with Crippen molar-refractivity contribution in [2.45, 2.75) is 19.3 Å². The molecule has 0 N–H and O–H groups in total. The lowest BCUT2D eigenvalue weighted by atomic mass is 9.30. The van der Waals surface area contributed by atoms with Crippen LogP contribution in [-0.2, 0) is 5.41 Å². The minimum absolute atomic E-state index is 0.142. The number of rotatable bonds is 3. The lowest BCUT2D eigenvalue weighted by Gasteiger charge is -2.45. The molecule has 0 saturated heterocycles. The molecule has 1 aliphatic carbocycles. The molecule has 9 rings (SSSR count). The molecule has 6 aromatic rings. The molecular weight excluding hydrogens is 531 g/mol. The van der Waals surface area contributed by atoms with E-state index in [4.69, 9.17) is 0 Å². The summed E-state index contributed by atoms with van der Waals surface area (Å²) in [4.78, 5) is 5.02. The highest BCUT2D eigenvalue weighted by Crippen LogP contribution is 2.55. The maximum Gasteiger partial charge on any atom is 0.248 e. The van der Waals surface area contributed by atoms with E-state index in [1.54, 1.807) is 0 Å². The van der Waals surface area contributed by atoms with E-state index in [0.717, 1.165) is 0 Å². The summed E-state index contributed by atoms with van der Waals surface area (Å²) in [5.74, 6) is 0. The Morgan fingerprint density at radius 3 is 1.91 bits per heavy atom. The molecular formula is C41H31BN2. The summed E-state index contributed by atoms with van der Waals surface area (Å²) in [5, 5.41) is 0. The topological polar surface area (TPSA) is 6.48 Å². The summed E-state index contributed by atoms with van der Waals surface area (Å²) in [7, 11) is 0. The van der Waals surface area contributed by atoms with Crippen molar-refractivity contribution in [3.05, 3.63) is 168 Å². The fourth-order valence-electron chi connectivity index (χ4n) is 8.01. The fourth-order valence-corrected chi connectivity index (χ4v) is 8.01. The molecule has 0 amide bonds. The predicted octanol–water partition coefficient (Wildman–Crippen LogP) is 9.14. The van der Waals surface area contributed by atoms with Gasteiger partial charge in [0.25, 0.3) is 0 Å². The number of fused-ring (bicyclic) bond motifs is 5. The van der Waals surface area contributed by atoms with E-state index < -0.39 is 0 Å². The van der Waals surface area contributed by atoms with Gasteiger partial charge in [0.05, 0.1) is 0 Å². The van der Waals surface area contributed by atoms with E-state index in [-0.39, 0.29) is 12.1 Å². The van der Waals surface area contributed by atoms with Crippen LogP contribution < -0.4 is 20.7 Å². The van der Waals surface area contributed by atoms with Crippen LogP contribution in [0.25, 0.3) is 16.8 Å². The zero-order chi connectivity index (χ0) is 29.4. The van der Waals surface area contributed by atoms with E-state index in [2.05, 4.69) is 175 Å². The summed E-state index contributed by atoms with van der Waals surface area (Å²) in [5.41, 5.74) is 16.7. The number of nitrogens with zero attached hydrogens (tertiary/aromatic N) is 2. The Hall–Kier alpha value is -5.28. The second-order valence-corrected chi connectivity index (χ2v) is 12.6. The van der Waals surface area contributed by atoms with Crippen LogP contribution >= 0.6 is 0 Å². The van der Waals surface area contributed by atoms with E-state index in [0.29, 0.717) is 0 Å². The minimum atomic E-state index is -0.154. The lowest BCUT2D eigenvalue weighted by Crippen LogP contribution is -2.57. The number of anilines is 5. The molecule has 0 unspecified atom stereocenters. The van der Waals surface area contributed by atoms with Gasteiger partial charge in [-0.25, -0.2) is 0 Å². The molecule has 0 fully saturated rings. The number of benzene rings is 6. The molecule has 0 saturated carbocycles. The molecule has 0 atom stereocenters. The second-order valence-electron chi connectivity index (χ2n) is 12.6. The van der Waals surface area contributed by atoms with Crippen molar-refractivity contribution in [3.63, 3.8) is 0 Å². The smallest absolute Gasteiger partial charge is 0.248 e. The molecule has 44 heavy (non-hydrogen) atoms. The molecule has 0 bridgehead atoms. The highest BCUT2D eigenvalue weighted by atomic mass is 15.2. The van der Waals surface area contributed by atoms with Gasteiger partial charge in [-0.2, -0.15) is 0 Å². The maximum atomic E-state index is 2.56. The summed E-state index contributed by atoms with van der Waals surface area (Å²) in [6, 6.07) is 55.6. The van der Waals surface area contributed by atoms with E-state index in [9.17, 15) is 0 Å². The molecule has 2 heterocycles. The van der Waals surface area contributed by atoms with Gasteiger partial charge in [-0.15, -0.1) is 0 Å². The third-order valence-electron chi connectivity index (χ3n) is 9.84. The highest BCUT2D eigenvalue weighted by molar-refractivity contribution is 6.96. The van der Waals surface area contributed by atoms with Gasteiger partial charge < -0.3 is 9.80 Å². The van der Waals surface area contributed by atoms with Crippen LogP contribution in [0.3, 0.4) is 0 Å². The number of allylic oxidation sites excluding steroid dienone is 1. The first-order chi connectivity index (χ1) is 21.6. The fraction of sp³-hybridized carbons (Fsp3) is 0.0732. The first-order valence-electron chi connectivity index (χ1n) is 15.5. The molecule has 2 nitrogen and oxygen atoms in total. The van der Waals surface area contributed by atoms with Gasteiger partial charge >= 0.3 is 0 Å². The molecule has 0 radical (unpaired) electrons. The third kappa shape index (κ3) is 3.44. The molecule has 0 aromatic heterocycles. The Kier molecular flexibility index (Phi) is 5.37. The quantitative estimate of drug-likeness (QED) is 0.199. The summed E-state index contributed by atoms with van der Waals surface area (Å²) < 4.78 is 0. The number of para-hydroxylation sites is 2. The van der Waals surface area contributed by atoms with Crippen molar-refractivity contribution in [2.24, 2.45) is 0 Å². The lowest BCUT2D eigenvalue weighted by molar-refractivity contribution is 0.666. The minimum Gasteiger partial charge on any atom is -0.311 e. The normalized spacial score (nSPS) is 15.5. The van der Waals surface area contributed by atoms with Crippen molar-refractivity contribution >= 4 is 51.8 Å². The Bertz CT molecular complexity index is 2110. The van der Waals surface area contributed by atoms with E-state index in [1.165, 1.54) is 72.8 Å². The van der Waals surface area contributed by atoms with Gasteiger partial charge in [0, 0.05) is 45.1 Å². The Morgan fingerprint density at radius 1 is 0.500 bits per heavy atom. The SMILES string of the molecule is CC1(C)C2=C(c3ccccc31)N(c1cccc(-c3ccccc3)c1)c1cccc3c1B2c1ccccc1N3c1ccccc1. The van der Waals surface area contributed by atoms with Crippen LogP contribution in [-0.4, -0.2) is 6.71 Å². The Morgan fingerprint density at radius 2 is 1.09 bits per heavy atom. The van der Waals surface area contributed by atoms with Gasteiger partial charge in [0.1, 0.15) is 0 Å². The summed E-state index contributed by atoms with van der Waals surface area (Å²) >= 11 is 0. The molecule has 208 valence electrons. The highest BCUT2D eigenvalue weighted by Gasteiger charge is 2.52. The van der Waals surface area contributed by atoms with Crippen molar-refractivity contribution in [3.8, 4) is 11.1 Å². The van der Waals surface area contributed by atoms with Gasteiger partial charge in [0.2, 0.25) is 6.71 Å². The van der Waals surface area contributed by atoms with Crippen LogP contribution in [0.1, 0.15) is 25.0 Å². The maximum absolute atomic E-state index is 2.56. The van der Waals surface area contributed by atoms with Crippen LogP contribution in [0.2, 0.25) is 0 Å². The van der Waals surface area contributed by atoms with E-state index >= 15 is 0 Å². The average molecular weight is 563 g/mol. The molecule has 2 aliphatic heterocycles. The predicted molar refractivity (Wildman–Crippen MR) is 187 cm³/mol. The monoisotopic (exact) mass is 562 g/mol. The summed E-state index contributed by atoms with van der Waals surface area (Å²) in [6.07, 6.45) is 0. The van der Waals surface area contributed by atoms with Crippen molar-refractivity contribution in [2.75, 3.05) is 9.80 Å². The first kappa shape index (κ1) is 25.2. The second kappa shape index (κ2) is 9.36. The molecule has 3 heteroatoms. The standard InChI is InChI=1S/C41H31BN2/c1-41(2)33-22-10-9-21-32(33)39-40(41)42-34-23-11-12-24-35(34)43(30-18-7-4-8-19-30)36-25-14-26-37(38(36)42)44(39)31-20-13-17-29(27-31)28-15-5-3-6-16-28/h3-27H,1-2H3. The molecule has 0 spiro atoms. The van der Waals surface area contributed by atoms with Crippen molar-refractivity contribution < 1.29 is 0 Å². The zero-order valence-electron chi connectivity index (χ0n) is 24.9. The molecule has 3 aliphatic rings. The Balaban J connectivity index is 1.38. The number of hydrogen-bond donors (Lipinski definition) is 0. The van der Waals surface area contributed by atoms with Gasteiger partial charge in [-0.05, 0) is 70.1 Å². The van der Waals surface area contributed by atoms with Gasteiger partial charge in [-0.3, -0.25) is 0 Å². The van der Waals surface area contributed by atoms with E-state index in [1.807, 2.05) is 0 Å². The largest absolute Gasteiger partial charge is 0.311 e. The first-order valence-corrected chi connectivity index (χ1v) is 15.5. The van der Waals surface area contributed by atoms with Crippen molar-refractivity contribution in [1.82, 2.24) is 0 Å². The van der Waals surface area contributed by atoms with Crippen LogP contribution in [0.15, 0.2) is 157 Å².